The highest BCUT2D eigenvalue weighted by Gasteiger charge is 2.35. The van der Waals surface area contributed by atoms with E-state index in [2.05, 4.69) is 0 Å². The van der Waals surface area contributed by atoms with Gasteiger partial charge in [-0.1, -0.05) is 35.4 Å². The lowest BCUT2D eigenvalue weighted by atomic mass is 10.1. The predicted molar refractivity (Wildman–Crippen MR) is 137 cm³/mol. The van der Waals surface area contributed by atoms with E-state index in [1.807, 2.05) is 69.3 Å². The second-order valence-corrected chi connectivity index (χ2v) is 8.82. The molecule has 172 valence electrons. The Bertz CT molecular complexity index is 1300. The topological polar surface area (TPSA) is 79.2 Å². The van der Waals surface area contributed by atoms with Crippen molar-refractivity contribution in [2.24, 2.45) is 4.99 Å². The molecule has 1 amide bonds. The average molecular weight is 473 g/mol. The number of amides is 1. The summed E-state index contributed by atoms with van der Waals surface area (Å²) < 4.78 is 5.67. The number of aryl methyl sites for hydroxylation is 2. The largest absolute Gasteiger partial charge is 0.493 e. The van der Waals surface area contributed by atoms with Crippen molar-refractivity contribution in [3.63, 3.8) is 0 Å². The number of aliphatic imine (C=N–C) groups is 1. The highest BCUT2D eigenvalue weighted by atomic mass is 32.2. The van der Waals surface area contributed by atoms with Crippen LogP contribution in [0.4, 0.5) is 11.4 Å². The fourth-order valence-corrected chi connectivity index (χ4v) is 4.41. The van der Waals surface area contributed by atoms with Gasteiger partial charge >= 0.3 is 5.97 Å². The third-order valence-electron chi connectivity index (χ3n) is 5.20. The first-order valence-electron chi connectivity index (χ1n) is 10.8. The Morgan fingerprint density at radius 1 is 1.03 bits per heavy atom. The van der Waals surface area contributed by atoms with E-state index in [9.17, 15) is 14.7 Å². The van der Waals surface area contributed by atoms with Crippen molar-refractivity contribution in [1.29, 1.82) is 0 Å². The van der Waals surface area contributed by atoms with Gasteiger partial charge in [0, 0.05) is 5.56 Å². The summed E-state index contributed by atoms with van der Waals surface area (Å²) in [4.78, 5) is 31.8. The lowest BCUT2D eigenvalue weighted by Gasteiger charge is -2.16. The quantitative estimate of drug-likeness (QED) is 0.432. The minimum atomic E-state index is -1.05. The van der Waals surface area contributed by atoms with Crippen molar-refractivity contribution in [3.05, 3.63) is 93.9 Å². The molecule has 1 heterocycles. The third-order valence-corrected chi connectivity index (χ3v) is 6.17. The summed E-state index contributed by atoms with van der Waals surface area (Å²) in [6, 6.07) is 20.0. The molecule has 0 radical (unpaired) electrons. The molecule has 34 heavy (non-hydrogen) atoms. The summed E-state index contributed by atoms with van der Waals surface area (Å²) in [7, 11) is 0. The van der Waals surface area contributed by atoms with Crippen LogP contribution < -0.4 is 9.64 Å². The van der Waals surface area contributed by atoms with Crippen molar-refractivity contribution in [3.8, 4) is 5.75 Å². The lowest BCUT2D eigenvalue weighted by molar-refractivity contribution is -0.113. The molecule has 0 atom stereocenters. The van der Waals surface area contributed by atoms with Crippen molar-refractivity contribution < 1.29 is 19.4 Å². The number of carbonyl (C=O) groups excluding carboxylic acids is 1. The van der Waals surface area contributed by atoms with Crippen LogP contribution in [0.1, 0.15) is 34.0 Å². The first-order valence-corrected chi connectivity index (χ1v) is 11.6. The van der Waals surface area contributed by atoms with Crippen LogP contribution >= 0.6 is 11.8 Å². The second-order valence-electron chi connectivity index (χ2n) is 7.81. The molecule has 3 aromatic rings. The normalized spacial score (nSPS) is 15.9. The highest BCUT2D eigenvalue weighted by Crippen LogP contribution is 2.38. The lowest BCUT2D eigenvalue weighted by Crippen LogP contribution is -2.28. The van der Waals surface area contributed by atoms with Gasteiger partial charge in [0.25, 0.3) is 5.91 Å². The van der Waals surface area contributed by atoms with E-state index in [1.54, 1.807) is 17.0 Å². The van der Waals surface area contributed by atoms with Crippen molar-refractivity contribution >= 4 is 46.3 Å². The van der Waals surface area contributed by atoms with E-state index in [0.29, 0.717) is 33.7 Å². The van der Waals surface area contributed by atoms with Gasteiger partial charge in [-0.05, 0) is 81.1 Å². The third kappa shape index (κ3) is 5.05. The molecule has 1 N–H and O–H groups in total. The van der Waals surface area contributed by atoms with Gasteiger partial charge in [-0.25, -0.2) is 9.79 Å². The van der Waals surface area contributed by atoms with E-state index in [-0.39, 0.29) is 11.5 Å². The van der Waals surface area contributed by atoms with Crippen LogP contribution in [0.5, 0.6) is 5.75 Å². The standard InChI is InChI=1S/C27H24N2O4S/c1-4-33-23-14-9-19(26(31)32)15-20(23)16-24-25(30)29(22-12-7-18(3)8-13-22)27(34-24)28-21-10-5-17(2)6-11-21/h5-16H,4H2,1-3H3,(H,31,32). The Kier molecular flexibility index (Phi) is 6.84. The number of ether oxygens (including phenoxy) is 1. The van der Waals surface area contributed by atoms with Gasteiger partial charge in [0.15, 0.2) is 5.17 Å². The number of carbonyl (C=O) groups is 2. The molecule has 3 aromatic carbocycles. The van der Waals surface area contributed by atoms with Gasteiger partial charge < -0.3 is 9.84 Å². The predicted octanol–water partition coefficient (Wildman–Crippen LogP) is 6.21. The molecule has 0 aromatic heterocycles. The number of hydrogen-bond acceptors (Lipinski definition) is 5. The van der Waals surface area contributed by atoms with Crippen molar-refractivity contribution in [2.45, 2.75) is 20.8 Å². The summed E-state index contributed by atoms with van der Waals surface area (Å²) in [5.41, 5.74) is 4.30. The summed E-state index contributed by atoms with van der Waals surface area (Å²) in [5, 5.41) is 9.95. The molecule has 1 aliphatic heterocycles. The fourth-order valence-electron chi connectivity index (χ4n) is 3.42. The summed E-state index contributed by atoms with van der Waals surface area (Å²) >= 11 is 1.25. The van der Waals surface area contributed by atoms with Crippen LogP contribution in [-0.4, -0.2) is 28.8 Å². The molecule has 6 nitrogen and oxygen atoms in total. The molecular weight excluding hydrogens is 448 g/mol. The molecule has 0 bridgehead atoms. The Morgan fingerprint density at radius 2 is 1.68 bits per heavy atom. The van der Waals surface area contributed by atoms with E-state index in [0.717, 1.165) is 16.8 Å². The maximum Gasteiger partial charge on any atom is 0.335 e. The van der Waals surface area contributed by atoms with Crippen LogP contribution in [0.2, 0.25) is 0 Å². The number of benzene rings is 3. The zero-order chi connectivity index (χ0) is 24.2. The van der Waals surface area contributed by atoms with Crippen LogP contribution in [0.3, 0.4) is 0 Å². The number of rotatable bonds is 6. The molecule has 0 spiro atoms. The smallest absolute Gasteiger partial charge is 0.335 e. The highest BCUT2D eigenvalue weighted by molar-refractivity contribution is 8.19. The Balaban J connectivity index is 1.80. The Morgan fingerprint density at radius 3 is 2.29 bits per heavy atom. The first kappa shape index (κ1) is 23.3. The average Bonchev–Trinajstić information content (AvgIpc) is 3.11. The van der Waals surface area contributed by atoms with Crippen LogP contribution in [0.15, 0.2) is 76.6 Å². The minimum Gasteiger partial charge on any atom is -0.493 e. The zero-order valence-corrected chi connectivity index (χ0v) is 19.9. The number of carboxylic acids is 1. The monoisotopic (exact) mass is 472 g/mol. The molecular formula is C27H24N2O4S. The second kappa shape index (κ2) is 9.97. The zero-order valence-electron chi connectivity index (χ0n) is 19.1. The molecule has 4 rings (SSSR count). The molecule has 0 aliphatic carbocycles. The van der Waals surface area contributed by atoms with Crippen molar-refractivity contribution in [1.82, 2.24) is 0 Å². The number of thioether (sulfide) groups is 1. The summed E-state index contributed by atoms with van der Waals surface area (Å²) in [6.45, 7) is 6.26. The fraction of sp³-hybridized carbons (Fsp3) is 0.148. The molecule has 1 saturated heterocycles. The number of amidine groups is 1. The number of aromatic carboxylic acids is 1. The van der Waals surface area contributed by atoms with Gasteiger partial charge in [-0.3, -0.25) is 9.69 Å². The molecule has 1 fully saturated rings. The molecule has 0 saturated carbocycles. The van der Waals surface area contributed by atoms with Crippen LogP contribution in [0, 0.1) is 13.8 Å². The van der Waals surface area contributed by atoms with E-state index in [4.69, 9.17) is 9.73 Å². The van der Waals surface area contributed by atoms with Crippen molar-refractivity contribution in [2.75, 3.05) is 11.5 Å². The van der Waals surface area contributed by atoms with Gasteiger partial charge in [0.2, 0.25) is 0 Å². The maximum atomic E-state index is 13.5. The molecule has 1 aliphatic rings. The van der Waals surface area contributed by atoms with E-state index >= 15 is 0 Å². The summed E-state index contributed by atoms with van der Waals surface area (Å²) in [5.74, 6) is -0.766. The number of hydrogen-bond donors (Lipinski definition) is 1. The van der Waals surface area contributed by atoms with Gasteiger partial charge in [0.05, 0.1) is 28.5 Å². The SMILES string of the molecule is CCOc1ccc(C(=O)O)cc1C=C1SC(=Nc2ccc(C)cc2)N(c2ccc(C)cc2)C1=O. The van der Waals surface area contributed by atoms with Gasteiger partial charge in [0.1, 0.15) is 5.75 Å². The maximum absolute atomic E-state index is 13.5. The number of anilines is 1. The minimum absolute atomic E-state index is 0.120. The van der Waals surface area contributed by atoms with Crippen LogP contribution in [0.25, 0.3) is 6.08 Å². The molecule has 7 heteroatoms. The Labute approximate surface area is 202 Å². The van der Waals surface area contributed by atoms with E-state index < -0.39 is 5.97 Å². The molecule has 0 unspecified atom stereocenters. The van der Waals surface area contributed by atoms with Gasteiger partial charge in [-0.15, -0.1) is 0 Å². The van der Waals surface area contributed by atoms with E-state index in [1.165, 1.54) is 23.9 Å². The van der Waals surface area contributed by atoms with Crippen LogP contribution in [-0.2, 0) is 4.79 Å². The Hall–Kier alpha value is -3.84. The summed E-state index contributed by atoms with van der Waals surface area (Å²) in [6.07, 6.45) is 1.67. The number of carboxylic acid groups (broad SMARTS) is 1. The first-order chi connectivity index (χ1) is 16.4. The number of nitrogens with zero attached hydrogens (tertiary/aromatic N) is 2. The van der Waals surface area contributed by atoms with Gasteiger partial charge in [-0.2, -0.15) is 0 Å².